The molecule has 0 aliphatic rings. The van der Waals surface area contributed by atoms with Gasteiger partial charge in [0.25, 0.3) is 5.91 Å². The fraction of sp³-hybridized carbons (Fsp3) is 0.263. The van der Waals surface area contributed by atoms with Gasteiger partial charge in [-0.15, -0.1) is 22.7 Å². The van der Waals surface area contributed by atoms with E-state index in [1.54, 1.807) is 13.2 Å². The quantitative estimate of drug-likeness (QED) is 0.546. The minimum atomic E-state index is -3.21. The van der Waals surface area contributed by atoms with Crippen molar-refractivity contribution in [3.05, 3.63) is 51.0 Å². The minimum Gasteiger partial charge on any atom is -0.497 e. The highest BCUT2D eigenvalue weighted by Gasteiger charge is 2.15. The van der Waals surface area contributed by atoms with Gasteiger partial charge in [0.15, 0.2) is 5.13 Å². The average Bonchev–Trinajstić information content (AvgIpc) is 3.27. The van der Waals surface area contributed by atoms with E-state index in [0.29, 0.717) is 23.0 Å². The summed E-state index contributed by atoms with van der Waals surface area (Å²) in [4.78, 5) is 19.6. The van der Waals surface area contributed by atoms with E-state index < -0.39 is 10.0 Å². The van der Waals surface area contributed by atoms with Gasteiger partial charge in [0, 0.05) is 21.9 Å². The zero-order chi connectivity index (χ0) is 21.0. The second-order valence-corrected chi connectivity index (χ2v) is 10.5. The Bertz CT molecular complexity index is 1100. The summed E-state index contributed by atoms with van der Waals surface area (Å²) in [6.45, 7) is 2.27. The molecule has 0 unspecified atom stereocenters. The molecule has 0 spiro atoms. The summed E-state index contributed by atoms with van der Waals surface area (Å²) in [6.07, 6.45) is 1.65. The van der Waals surface area contributed by atoms with Crippen molar-refractivity contribution in [2.45, 2.75) is 13.3 Å². The molecule has 0 radical (unpaired) electrons. The number of thiophene rings is 1. The first-order valence-corrected chi connectivity index (χ1v) is 12.2. The van der Waals surface area contributed by atoms with Crippen LogP contribution in [0.15, 0.2) is 36.4 Å². The second-order valence-electron chi connectivity index (χ2n) is 6.29. The first kappa shape index (κ1) is 21.4. The van der Waals surface area contributed by atoms with Crippen LogP contribution in [-0.4, -0.2) is 39.2 Å². The third kappa shape index (κ3) is 5.86. The average molecular weight is 452 g/mol. The lowest BCUT2D eigenvalue weighted by Crippen LogP contribution is -2.24. The Balaban J connectivity index is 1.65. The molecule has 0 aliphatic carbocycles. The highest BCUT2D eigenvalue weighted by Crippen LogP contribution is 2.31. The fourth-order valence-corrected chi connectivity index (χ4v) is 4.83. The smallest absolute Gasteiger partial charge is 0.267 e. The Labute approximate surface area is 177 Å². The number of sulfonamides is 1. The lowest BCUT2D eigenvalue weighted by atomic mass is 10.1. The van der Waals surface area contributed by atoms with Crippen LogP contribution in [0.4, 0.5) is 5.13 Å². The van der Waals surface area contributed by atoms with E-state index >= 15 is 0 Å². The third-order valence-corrected chi connectivity index (χ3v) is 6.76. The molecule has 0 saturated carbocycles. The maximum absolute atomic E-state index is 12.5. The van der Waals surface area contributed by atoms with E-state index in [1.165, 1.54) is 22.7 Å². The number of hydrogen-bond acceptors (Lipinski definition) is 7. The Morgan fingerprint density at radius 1 is 1.14 bits per heavy atom. The van der Waals surface area contributed by atoms with Gasteiger partial charge in [-0.1, -0.05) is 0 Å². The third-order valence-electron chi connectivity index (χ3n) is 4.00. The monoisotopic (exact) mass is 451 g/mol. The van der Waals surface area contributed by atoms with Crippen molar-refractivity contribution in [1.82, 2.24) is 9.71 Å². The van der Waals surface area contributed by atoms with Crippen molar-refractivity contribution >= 4 is 43.7 Å². The lowest BCUT2D eigenvalue weighted by Gasteiger charge is -2.02. The predicted octanol–water partition coefficient (Wildman–Crippen LogP) is 3.53. The molecule has 0 atom stereocenters. The Kier molecular flexibility index (Phi) is 6.68. The fourth-order valence-electron chi connectivity index (χ4n) is 2.62. The van der Waals surface area contributed by atoms with Crippen LogP contribution in [0.3, 0.4) is 0 Å². The van der Waals surface area contributed by atoms with E-state index in [0.717, 1.165) is 33.0 Å². The molecule has 3 rings (SSSR count). The lowest BCUT2D eigenvalue weighted by molar-refractivity contribution is 0.103. The van der Waals surface area contributed by atoms with E-state index in [-0.39, 0.29) is 5.91 Å². The summed E-state index contributed by atoms with van der Waals surface area (Å²) in [6, 6.07) is 11.2. The molecule has 10 heteroatoms. The maximum Gasteiger partial charge on any atom is 0.267 e. The number of rotatable bonds is 8. The molecule has 0 aliphatic heterocycles. The normalized spacial score (nSPS) is 11.4. The highest BCUT2D eigenvalue weighted by atomic mass is 32.2. The zero-order valence-corrected chi connectivity index (χ0v) is 18.6. The number of carbonyl (C=O) groups excluding carboxylic acids is 1. The maximum atomic E-state index is 12.5. The van der Waals surface area contributed by atoms with Gasteiger partial charge >= 0.3 is 0 Å². The molecule has 0 fully saturated rings. The number of nitrogens with zero attached hydrogens (tertiary/aromatic N) is 1. The zero-order valence-electron chi connectivity index (χ0n) is 16.2. The van der Waals surface area contributed by atoms with Crippen molar-refractivity contribution in [2.24, 2.45) is 0 Å². The van der Waals surface area contributed by atoms with Crippen LogP contribution in [0, 0.1) is 6.92 Å². The number of anilines is 1. The van der Waals surface area contributed by atoms with E-state index in [2.05, 4.69) is 15.0 Å². The van der Waals surface area contributed by atoms with Crippen LogP contribution < -0.4 is 14.8 Å². The Morgan fingerprint density at radius 3 is 2.52 bits per heavy atom. The van der Waals surface area contributed by atoms with Crippen molar-refractivity contribution in [2.75, 3.05) is 25.2 Å². The largest absolute Gasteiger partial charge is 0.497 e. The van der Waals surface area contributed by atoms with Gasteiger partial charge in [0.05, 0.1) is 23.9 Å². The molecule has 0 bridgehead atoms. The number of amides is 1. The molecular formula is C19H21N3O4S3. The van der Waals surface area contributed by atoms with E-state index in [9.17, 15) is 13.2 Å². The van der Waals surface area contributed by atoms with Crippen LogP contribution >= 0.6 is 22.7 Å². The van der Waals surface area contributed by atoms with E-state index in [1.807, 2.05) is 37.3 Å². The Hall–Kier alpha value is -2.27. The topological polar surface area (TPSA) is 97.4 Å². The summed E-state index contributed by atoms with van der Waals surface area (Å²) in [5.41, 5.74) is 1.78. The SMILES string of the molecule is COc1ccc(-c2nc(NC(=O)c3ccc(CCNS(C)(=O)=O)s3)sc2C)cc1. The molecule has 0 saturated heterocycles. The summed E-state index contributed by atoms with van der Waals surface area (Å²) < 4.78 is 29.9. The molecule has 3 aromatic rings. The minimum absolute atomic E-state index is 0.229. The van der Waals surface area contributed by atoms with Crippen molar-refractivity contribution < 1.29 is 17.9 Å². The summed E-state index contributed by atoms with van der Waals surface area (Å²) >= 11 is 2.76. The molecular weight excluding hydrogens is 430 g/mol. The predicted molar refractivity (Wildman–Crippen MR) is 118 cm³/mol. The molecule has 2 aromatic heterocycles. The van der Waals surface area contributed by atoms with Crippen LogP contribution in [0.25, 0.3) is 11.3 Å². The number of benzene rings is 1. The van der Waals surface area contributed by atoms with Gasteiger partial charge in [-0.2, -0.15) is 0 Å². The molecule has 154 valence electrons. The molecule has 29 heavy (non-hydrogen) atoms. The van der Waals surface area contributed by atoms with E-state index in [4.69, 9.17) is 4.74 Å². The number of aromatic nitrogens is 1. The number of hydrogen-bond donors (Lipinski definition) is 2. The number of nitrogens with one attached hydrogen (secondary N) is 2. The van der Waals surface area contributed by atoms with Crippen LogP contribution in [0.2, 0.25) is 0 Å². The Morgan fingerprint density at radius 2 is 1.86 bits per heavy atom. The van der Waals surface area contributed by atoms with Crippen LogP contribution in [-0.2, 0) is 16.4 Å². The molecule has 1 amide bonds. The van der Waals surface area contributed by atoms with Gasteiger partial charge in [0.2, 0.25) is 10.0 Å². The van der Waals surface area contributed by atoms with Crippen molar-refractivity contribution in [3.8, 4) is 17.0 Å². The number of carbonyl (C=O) groups is 1. The van der Waals surface area contributed by atoms with Crippen molar-refractivity contribution in [1.29, 1.82) is 0 Å². The van der Waals surface area contributed by atoms with Gasteiger partial charge in [0.1, 0.15) is 5.75 Å². The van der Waals surface area contributed by atoms with Gasteiger partial charge in [-0.3, -0.25) is 10.1 Å². The summed E-state index contributed by atoms with van der Waals surface area (Å²) in [7, 11) is -1.59. The standard InChI is InChI=1S/C19H21N3O4S3/c1-12-17(13-4-6-14(26-2)7-5-13)21-19(27-12)22-18(23)16-9-8-15(28-16)10-11-20-29(3,24)25/h4-9,20H,10-11H2,1-3H3,(H,21,22,23). The highest BCUT2D eigenvalue weighted by molar-refractivity contribution is 7.88. The number of thiazole rings is 1. The molecule has 1 aromatic carbocycles. The summed E-state index contributed by atoms with van der Waals surface area (Å²) in [5, 5.41) is 3.38. The number of aryl methyl sites for hydroxylation is 1. The number of ether oxygens (including phenoxy) is 1. The summed E-state index contributed by atoms with van der Waals surface area (Å²) in [5.74, 6) is 0.544. The molecule has 2 N–H and O–H groups in total. The van der Waals surface area contributed by atoms with Crippen LogP contribution in [0.1, 0.15) is 19.4 Å². The van der Waals surface area contributed by atoms with Crippen molar-refractivity contribution in [3.63, 3.8) is 0 Å². The van der Waals surface area contributed by atoms with Gasteiger partial charge < -0.3 is 4.74 Å². The van der Waals surface area contributed by atoms with Gasteiger partial charge in [-0.25, -0.2) is 18.1 Å². The molecule has 7 nitrogen and oxygen atoms in total. The van der Waals surface area contributed by atoms with Crippen LogP contribution in [0.5, 0.6) is 5.75 Å². The first-order valence-electron chi connectivity index (χ1n) is 8.72. The molecule has 2 heterocycles. The second kappa shape index (κ2) is 9.04. The number of methoxy groups -OCH3 is 1. The first-order chi connectivity index (χ1) is 13.7. The van der Waals surface area contributed by atoms with Gasteiger partial charge in [-0.05, 0) is 49.7 Å².